The van der Waals surface area contributed by atoms with Gasteiger partial charge in [0.2, 0.25) is 5.82 Å². The number of nitrogens with zero attached hydrogens (tertiary/aromatic N) is 5. The highest BCUT2D eigenvalue weighted by Crippen LogP contribution is 2.38. The molecule has 0 spiro atoms. The van der Waals surface area contributed by atoms with E-state index in [2.05, 4.69) is 42.3 Å². The van der Waals surface area contributed by atoms with Gasteiger partial charge >= 0.3 is 29.0 Å². The first kappa shape index (κ1) is 38.7. The van der Waals surface area contributed by atoms with E-state index >= 15 is 0 Å². The molecule has 1 aliphatic rings. The molecule has 276 valence electrons. The van der Waals surface area contributed by atoms with Gasteiger partial charge in [-0.25, -0.2) is 9.98 Å². The molecular formula is C37H36F3N7O4S2. The van der Waals surface area contributed by atoms with Crippen LogP contribution in [0.2, 0.25) is 0 Å². The second-order valence-corrected chi connectivity index (χ2v) is 14.3. The zero-order valence-electron chi connectivity index (χ0n) is 29.8. The lowest BCUT2D eigenvalue weighted by molar-refractivity contribution is -0.137. The molecule has 1 unspecified atom stereocenters. The fourth-order valence-corrected chi connectivity index (χ4v) is 5.99. The summed E-state index contributed by atoms with van der Waals surface area (Å²) in [4.78, 5) is 10.4. The molecule has 6 rings (SSSR count). The number of aliphatic imine (C=N–C) groups is 1. The van der Waals surface area contributed by atoms with Gasteiger partial charge < -0.3 is 9.50 Å². The van der Waals surface area contributed by atoms with Gasteiger partial charge in [-0.15, -0.1) is 9.89 Å². The van der Waals surface area contributed by atoms with Gasteiger partial charge in [-0.3, -0.25) is 4.72 Å². The molecule has 5 aromatic rings. The van der Waals surface area contributed by atoms with Gasteiger partial charge in [0.05, 0.1) is 17.0 Å². The number of fused-ring (bicyclic) bond motifs is 1. The van der Waals surface area contributed by atoms with Crippen molar-refractivity contribution in [2.75, 3.05) is 10.0 Å². The highest BCUT2D eigenvalue weighted by molar-refractivity contribution is 7.82. The summed E-state index contributed by atoms with van der Waals surface area (Å²) >= 11 is -2.66. The van der Waals surface area contributed by atoms with Crippen LogP contribution in [0.25, 0.3) is 11.4 Å². The number of aromatic nitrogens is 3. The lowest BCUT2D eigenvalue weighted by atomic mass is 9.87. The van der Waals surface area contributed by atoms with Crippen molar-refractivity contribution in [1.82, 2.24) is 14.9 Å². The Morgan fingerprint density at radius 1 is 0.830 bits per heavy atom. The minimum absolute atomic E-state index is 0.222. The van der Waals surface area contributed by atoms with E-state index in [0.717, 1.165) is 34.1 Å². The molecule has 0 aliphatic carbocycles. The van der Waals surface area contributed by atoms with Crippen molar-refractivity contribution in [3.05, 3.63) is 113 Å². The van der Waals surface area contributed by atoms with Crippen molar-refractivity contribution in [3.63, 3.8) is 0 Å². The van der Waals surface area contributed by atoms with E-state index in [0.29, 0.717) is 34.1 Å². The SMILES string of the molecule is Cc1ccc(C)c(Nc2ccc(C)c(OS(=O)Nc3ccc(-c4nc5n(n4)N=C(C(C)(C)C)C5=Nc4ccc(C)cc4C(F)(F)F)cc3)c2)c1.O=S=O. The molecule has 0 radical (unpaired) electrons. The number of rotatable bonds is 8. The molecule has 2 heterocycles. The Labute approximate surface area is 310 Å². The Hall–Kier alpha value is -5.48. The van der Waals surface area contributed by atoms with Crippen molar-refractivity contribution >= 4 is 57.0 Å². The van der Waals surface area contributed by atoms with Crippen molar-refractivity contribution in [2.24, 2.45) is 15.5 Å². The molecule has 1 aliphatic heterocycles. The minimum Gasteiger partial charge on any atom is -0.385 e. The van der Waals surface area contributed by atoms with Gasteiger partial charge in [-0.2, -0.15) is 30.9 Å². The fraction of sp³-hybridized carbons (Fsp3) is 0.243. The number of hydrogen-bond acceptors (Lipinski definition) is 9. The van der Waals surface area contributed by atoms with Gasteiger partial charge in [-0.05, 0) is 92.9 Å². The van der Waals surface area contributed by atoms with Gasteiger partial charge in [0.15, 0.2) is 5.82 Å². The Balaban J connectivity index is 0.00000175. The molecule has 2 N–H and O–H groups in total. The number of benzene rings is 4. The van der Waals surface area contributed by atoms with Gasteiger partial charge in [0.1, 0.15) is 11.5 Å². The maximum absolute atomic E-state index is 13.9. The first-order valence-corrected chi connectivity index (χ1v) is 17.9. The first-order valence-electron chi connectivity index (χ1n) is 16.1. The highest BCUT2D eigenvalue weighted by Gasteiger charge is 2.37. The van der Waals surface area contributed by atoms with Gasteiger partial charge in [0.25, 0.3) is 0 Å². The van der Waals surface area contributed by atoms with Crippen LogP contribution in [0.5, 0.6) is 5.75 Å². The molecule has 0 bridgehead atoms. The van der Waals surface area contributed by atoms with Gasteiger partial charge in [-0.1, -0.05) is 50.6 Å². The zero-order chi connectivity index (χ0) is 38.7. The Morgan fingerprint density at radius 2 is 1.45 bits per heavy atom. The number of alkyl halides is 3. The average molecular weight is 764 g/mol. The van der Waals surface area contributed by atoms with E-state index in [1.165, 1.54) is 10.9 Å². The number of anilines is 3. The summed E-state index contributed by atoms with van der Waals surface area (Å²) in [5.74, 6) is 0.997. The van der Waals surface area contributed by atoms with Crippen LogP contribution in [0, 0.1) is 33.1 Å². The molecule has 16 heteroatoms. The van der Waals surface area contributed by atoms with Crippen LogP contribution in [0.4, 0.5) is 35.9 Å². The normalized spacial score (nSPS) is 13.8. The van der Waals surface area contributed by atoms with Crippen LogP contribution >= 0.6 is 0 Å². The van der Waals surface area contributed by atoms with E-state index in [1.807, 2.05) is 59.7 Å². The van der Waals surface area contributed by atoms with Crippen LogP contribution in [0.3, 0.4) is 0 Å². The van der Waals surface area contributed by atoms with E-state index in [1.54, 1.807) is 43.3 Å². The smallest absolute Gasteiger partial charge is 0.385 e. The second-order valence-electron chi connectivity index (χ2n) is 13.3. The average Bonchev–Trinajstić information content (AvgIpc) is 3.65. The predicted octanol–water partition coefficient (Wildman–Crippen LogP) is 8.73. The van der Waals surface area contributed by atoms with Crippen molar-refractivity contribution in [2.45, 2.75) is 54.6 Å². The van der Waals surface area contributed by atoms with Crippen molar-refractivity contribution in [3.8, 4) is 17.1 Å². The summed E-state index contributed by atoms with van der Waals surface area (Å²) < 4.78 is 80.0. The summed E-state index contributed by atoms with van der Waals surface area (Å²) in [6.07, 6.45) is -4.59. The Kier molecular flexibility index (Phi) is 11.4. The molecule has 4 aromatic carbocycles. The summed E-state index contributed by atoms with van der Waals surface area (Å²) in [5.41, 5.74) is 5.52. The van der Waals surface area contributed by atoms with E-state index in [-0.39, 0.29) is 17.2 Å². The van der Waals surface area contributed by atoms with Crippen LogP contribution in [0.1, 0.15) is 54.4 Å². The predicted molar refractivity (Wildman–Crippen MR) is 202 cm³/mol. The van der Waals surface area contributed by atoms with Gasteiger partial charge in [0, 0.05) is 34.1 Å². The summed E-state index contributed by atoms with van der Waals surface area (Å²) in [6.45, 7) is 13.2. The topological polar surface area (TPSA) is 140 Å². The third-order valence-corrected chi connectivity index (χ3v) is 8.72. The summed E-state index contributed by atoms with van der Waals surface area (Å²) in [6, 6.07) is 22.7. The number of halogens is 3. The Bertz CT molecular complexity index is 2290. The lowest BCUT2D eigenvalue weighted by Crippen LogP contribution is -2.27. The summed E-state index contributed by atoms with van der Waals surface area (Å²) in [5, 5.41) is 12.5. The molecule has 0 saturated heterocycles. The quantitative estimate of drug-likeness (QED) is 0.161. The lowest BCUT2D eigenvalue weighted by Gasteiger charge is -2.18. The minimum atomic E-state index is -4.59. The monoisotopic (exact) mass is 763 g/mol. The van der Waals surface area contributed by atoms with E-state index in [4.69, 9.17) is 12.6 Å². The van der Waals surface area contributed by atoms with Crippen molar-refractivity contribution in [1.29, 1.82) is 0 Å². The molecular weight excluding hydrogens is 728 g/mol. The largest absolute Gasteiger partial charge is 0.418 e. The molecule has 0 amide bonds. The number of aryl methyl sites for hydroxylation is 4. The third-order valence-electron chi connectivity index (χ3n) is 7.99. The van der Waals surface area contributed by atoms with Crippen LogP contribution in [-0.2, 0) is 29.0 Å². The molecule has 53 heavy (non-hydrogen) atoms. The van der Waals surface area contributed by atoms with Crippen LogP contribution in [0.15, 0.2) is 89.0 Å². The molecule has 1 aromatic heterocycles. The second kappa shape index (κ2) is 15.6. The van der Waals surface area contributed by atoms with E-state index < -0.39 is 40.0 Å². The maximum atomic E-state index is 13.9. The van der Waals surface area contributed by atoms with Crippen LogP contribution in [-0.4, -0.2) is 38.9 Å². The third kappa shape index (κ3) is 9.31. The first-order chi connectivity index (χ1) is 25.0. The zero-order valence-corrected chi connectivity index (χ0v) is 31.5. The summed E-state index contributed by atoms with van der Waals surface area (Å²) in [7, 11) is 0. The highest BCUT2D eigenvalue weighted by atomic mass is 32.2. The maximum Gasteiger partial charge on any atom is 0.418 e. The number of hydrogen-bond donors (Lipinski definition) is 2. The fourth-order valence-electron chi connectivity index (χ4n) is 5.27. The molecule has 0 saturated carbocycles. The molecule has 11 nitrogen and oxygen atoms in total. The van der Waals surface area contributed by atoms with E-state index in [9.17, 15) is 17.4 Å². The number of nitrogens with one attached hydrogen (secondary N) is 2. The Morgan fingerprint density at radius 3 is 2.11 bits per heavy atom. The molecule has 0 fully saturated rings. The van der Waals surface area contributed by atoms with Crippen LogP contribution < -0.4 is 14.2 Å². The molecule has 1 atom stereocenters. The van der Waals surface area contributed by atoms with Crippen molar-refractivity contribution < 1.29 is 30.0 Å². The standard InChI is InChI=1S/C37H36F3N7O2S.O2S/c1-21-9-17-29(28(18-21)37(38,39)40)42-32-33(36(5,6)7)44-47-35(32)43-34(45-47)25-12-15-26(16-13-25)46-50(48)49-31-20-27(14-11-24(31)4)41-30-19-22(2)8-10-23(30)3;1-3-2/h8-20,41,46H,1-7H3;.